The zero-order valence-electron chi connectivity index (χ0n) is 11.1. The summed E-state index contributed by atoms with van der Waals surface area (Å²) in [6.07, 6.45) is 2.87. The van der Waals surface area contributed by atoms with Crippen molar-refractivity contribution in [2.24, 2.45) is 5.92 Å². The standard InChI is InChI=1S/C15H21N3/c1-13(2)12-16-10-8-15-9-11-17-18(15)14-6-4-3-5-7-14/h3-7,9,11,13,16H,8,10,12H2,1-2H3. The monoisotopic (exact) mass is 243 g/mol. The molecule has 0 aliphatic rings. The molecule has 0 fully saturated rings. The minimum atomic E-state index is 0.698. The van der Waals surface area contributed by atoms with Crippen molar-refractivity contribution >= 4 is 0 Å². The molecule has 0 bridgehead atoms. The highest BCUT2D eigenvalue weighted by atomic mass is 15.3. The second-order valence-corrected chi connectivity index (χ2v) is 4.92. The minimum Gasteiger partial charge on any atom is -0.316 e. The molecular formula is C15H21N3. The first kappa shape index (κ1) is 12.8. The molecule has 96 valence electrons. The van der Waals surface area contributed by atoms with Crippen molar-refractivity contribution in [2.75, 3.05) is 13.1 Å². The highest BCUT2D eigenvalue weighted by Crippen LogP contribution is 2.09. The maximum atomic E-state index is 4.39. The molecule has 0 unspecified atom stereocenters. The van der Waals surface area contributed by atoms with Crippen LogP contribution >= 0.6 is 0 Å². The van der Waals surface area contributed by atoms with Crippen molar-refractivity contribution in [3.05, 3.63) is 48.3 Å². The molecule has 0 atom stereocenters. The summed E-state index contributed by atoms with van der Waals surface area (Å²) in [5.74, 6) is 0.698. The van der Waals surface area contributed by atoms with Crippen LogP contribution < -0.4 is 5.32 Å². The van der Waals surface area contributed by atoms with Gasteiger partial charge in [-0.3, -0.25) is 0 Å². The van der Waals surface area contributed by atoms with Crippen LogP contribution in [0.2, 0.25) is 0 Å². The van der Waals surface area contributed by atoms with Crippen LogP contribution in [0.5, 0.6) is 0 Å². The summed E-state index contributed by atoms with van der Waals surface area (Å²) in [6.45, 7) is 6.51. The van der Waals surface area contributed by atoms with Crippen LogP contribution in [0.25, 0.3) is 5.69 Å². The third kappa shape index (κ3) is 3.44. The van der Waals surface area contributed by atoms with Crippen molar-refractivity contribution in [1.82, 2.24) is 15.1 Å². The third-order valence-corrected chi connectivity index (χ3v) is 2.83. The molecule has 0 spiro atoms. The number of rotatable bonds is 6. The molecule has 18 heavy (non-hydrogen) atoms. The van der Waals surface area contributed by atoms with Crippen molar-refractivity contribution < 1.29 is 0 Å². The Morgan fingerprint density at radius 3 is 2.67 bits per heavy atom. The van der Waals surface area contributed by atoms with Crippen LogP contribution in [0, 0.1) is 5.92 Å². The molecule has 3 nitrogen and oxygen atoms in total. The molecule has 3 heteroatoms. The lowest BCUT2D eigenvalue weighted by atomic mass is 10.2. The molecule has 1 heterocycles. The smallest absolute Gasteiger partial charge is 0.0648 e. The van der Waals surface area contributed by atoms with Gasteiger partial charge in [-0.05, 0) is 30.7 Å². The summed E-state index contributed by atoms with van der Waals surface area (Å²) in [5, 5.41) is 7.85. The van der Waals surface area contributed by atoms with Gasteiger partial charge in [0.2, 0.25) is 0 Å². The Labute approximate surface area is 109 Å². The average Bonchev–Trinajstić information content (AvgIpc) is 2.84. The maximum Gasteiger partial charge on any atom is 0.0648 e. The Balaban J connectivity index is 1.96. The SMILES string of the molecule is CC(C)CNCCc1ccnn1-c1ccccc1. The molecular weight excluding hydrogens is 222 g/mol. The minimum absolute atomic E-state index is 0.698. The molecule has 0 aliphatic heterocycles. The van der Waals surface area contributed by atoms with Gasteiger partial charge in [0.15, 0.2) is 0 Å². The predicted octanol–water partition coefficient (Wildman–Crippen LogP) is 2.66. The van der Waals surface area contributed by atoms with Gasteiger partial charge in [-0.2, -0.15) is 5.10 Å². The molecule has 1 aromatic heterocycles. The Kier molecular flexibility index (Phi) is 4.53. The Bertz CT molecular complexity index is 460. The lowest BCUT2D eigenvalue weighted by Crippen LogP contribution is -2.22. The largest absolute Gasteiger partial charge is 0.316 e. The highest BCUT2D eigenvalue weighted by Gasteiger charge is 2.04. The van der Waals surface area contributed by atoms with E-state index in [1.807, 2.05) is 29.1 Å². The van der Waals surface area contributed by atoms with Gasteiger partial charge in [-0.25, -0.2) is 4.68 Å². The van der Waals surface area contributed by atoms with Gasteiger partial charge in [0.05, 0.1) is 5.69 Å². The summed E-state index contributed by atoms with van der Waals surface area (Å²) in [7, 11) is 0. The second kappa shape index (κ2) is 6.36. The Morgan fingerprint density at radius 1 is 1.17 bits per heavy atom. The van der Waals surface area contributed by atoms with E-state index in [0.29, 0.717) is 5.92 Å². The molecule has 0 saturated carbocycles. The molecule has 0 aliphatic carbocycles. The quantitative estimate of drug-likeness (QED) is 0.790. The van der Waals surface area contributed by atoms with Crippen molar-refractivity contribution in [2.45, 2.75) is 20.3 Å². The van der Waals surface area contributed by atoms with E-state index in [1.54, 1.807) is 0 Å². The van der Waals surface area contributed by atoms with Crippen molar-refractivity contribution in [3.8, 4) is 5.69 Å². The van der Waals surface area contributed by atoms with Crippen LogP contribution in [-0.2, 0) is 6.42 Å². The van der Waals surface area contributed by atoms with Crippen molar-refractivity contribution in [3.63, 3.8) is 0 Å². The van der Waals surface area contributed by atoms with Gasteiger partial charge in [0, 0.05) is 24.9 Å². The molecule has 2 rings (SSSR count). The number of nitrogens with one attached hydrogen (secondary N) is 1. The van der Waals surface area contributed by atoms with Gasteiger partial charge in [-0.1, -0.05) is 32.0 Å². The summed E-state index contributed by atoms with van der Waals surface area (Å²) in [5.41, 5.74) is 2.37. The van der Waals surface area contributed by atoms with E-state index < -0.39 is 0 Å². The van der Waals surface area contributed by atoms with Crippen LogP contribution in [0.1, 0.15) is 19.5 Å². The summed E-state index contributed by atoms with van der Waals surface area (Å²) in [6, 6.07) is 12.4. The molecule has 1 N–H and O–H groups in total. The maximum absolute atomic E-state index is 4.39. The number of hydrogen-bond donors (Lipinski definition) is 1. The molecule has 2 aromatic rings. The first-order chi connectivity index (χ1) is 8.77. The lowest BCUT2D eigenvalue weighted by molar-refractivity contribution is 0.550. The zero-order chi connectivity index (χ0) is 12.8. The third-order valence-electron chi connectivity index (χ3n) is 2.83. The van der Waals surface area contributed by atoms with Crippen LogP contribution in [0.15, 0.2) is 42.6 Å². The Hall–Kier alpha value is -1.61. The van der Waals surface area contributed by atoms with E-state index in [-0.39, 0.29) is 0 Å². The van der Waals surface area contributed by atoms with E-state index in [1.165, 1.54) is 5.69 Å². The Morgan fingerprint density at radius 2 is 1.94 bits per heavy atom. The van der Waals surface area contributed by atoms with E-state index in [0.717, 1.165) is 25.2 Å². The van der Waals surface area contributed by atoms with Gasteiger partial charge in [-0.15, -0.1) is 0 Å². The molecule has 0 saturated heterocycles. The van der Waals surface area contributed by atoms with E-state index >= 15 is 0 Å². The highest BCUT2D eigenvalue weighted by molar-refractivity contribution is 5.32. The number of aromatic nitrogens is 2. The van der Waals surface area contributed by atoms with Crippen molar-refractivity contribution in [1.29, 1.82) is 0 Å². The fourth-order valence-electron chi connectivity index (χ4n) is 1.93. The van der Waals surface area contributed by atoms with Gasteiger partial charge in [0.1, 0.15) is 0 Å². The first-order valence-electron chi connectivity index (χ1n) is 6.56. The summed E-state index contributed by atoms with van der Waals surface area (Å²) >= 11 is 0. The zero-order valence-corrected chi connectivity index (χ0v) is 11.1. The number of para-hydroxylation sites is 1. The van der Waals surface area contributed by atoms with E-state index in [9.17, 15) is 0 Å². The summed E-state index contributed by atoms with van der Waals surface area (Å²) in [4.78, 5) is 0. The van der Waals surface area contributed by atoms with Gasteiger partial charge in [0.25, 0.3) is 0 Å². The molecule has 0 amide bonds. The first-order valence-corrected chi connectivity index (χ1v) is 6.56. The normalized spacial score (nSPS) is 11.1. The molecule has 1 aromatic carbocycles. The fraction of sp³-hybridized carbons (Fsp3) is 0.400. The van der Waals surface area contributed by atoms with Crippen LogP contribution in [0.3, 0.4) is 0 Å². The second-order valence-electron chi connectivity index (χ2n) is 4.92. The topological polar surface area (TPSA) is 29.9 Å². The predicted molar refractivity (Wildman–Crippen MR) is 75.0 cm³/mol. The van der Waals surface area contributed by atoms with Gasteiger partial charge >= 0.3 is 0 Å². The van der Waals surface area contributed by atoms with Crippen LogP contribution in [0.4, 0.5) is 0 Å². The number of benzene rings is 1. The van der Waals surface area contributed by atoms with E-state index in [2.05, 4.69) is 42.5 Å². The van der Waals surface area contributed by atoms with Gasteiger partial charge < -0.3 is 5.32 Å². The average molecular weight is 243 g/mol. The molecule has 0 radical (unpaired) electrons. The lowest BCUT2D eigenvalue weighted by Gasteiger charge is -2.09. The fourth-order valence-corrected chi connectivity index (χ4v) is 1.93. The summed E-state index contributed by atoms with van der Waals surface area (Å²) < 4.78 is 2.01. The number of hydrogen-bond acceptors (Lipinski definition) is 2. The number of nitrogens with zero attached hydrogens (tertiary/aromatic N) is 2. The van der Waals surface area contributed by atoms with Crippen LogP contribution in [-0.4, -0.2) is 22.9 Å². The van der Waals surface area contributed by atoms with E-state index in [4.69, 9.17) is 0 Å².